The first-order chi connectivity index (χ1) is 8.28. The summed E-state index contributed by atoms with van der Waals surface area (Å²) in [6.45, 7) is 2.96. The quantitative estimate of drug-likeness (QED) is 0.844. The highest BCUT2D eigenvalue weighted by atomic mass is 14.9. The van der Waals surface area contributed by atoms with Crippen LogP contribution in [0.4, 0.5) is 11.5 Å². The zero-order valence-electron chi connectivity index (χ0n) is 9.98. The molecule has 1 aromatic heterocycles. The number of nitrogens with one attached hydrogen (secondary N) is 1. The Morgan fingerprint density at radius 2 is 1.82 bits per heavy atom. The van der Waals surface area contributed by atoms with E-state index in [9.17, 15) is 0 Å². The Labute approximate surface area is 102 Å². The van der Waals surface area contributed by atoms with Crippen LogP contribution in [0.2, 0.25) is 0 Å². The van der Waals surface area contributed by atoms with E-state index in [1.54, 1.807) is 6.20 Å². The van der Waals surface area contributed by atoms with Crippen LogP contribution in [-0.2, 0) is 13.0 Å². The monoisotopic (exact) mass is 227 g/mol. The van der Waals surface area contributed by atoms with Crippen LogP contribution in [0.15, 0.2) is 42.6 Å². The molecule has 0 radical (unpaired) electrons. The van der Waals surface area contributed by atoms with Gasteiger partial charge in [-0.15, -0.1) is 0 Å². The van der Waals surface area contributed by atoms with Crippen molar-refractivity contribution < 1.29 is 0 Å². The van der Waals surface area contributed by atoms with Gasteiger partial charge in [-0.2, -0.15) is 0 Å². The summed E-state index contributed by atoms with van der Waals surface area (Å²) in [7, 11) is 0. The first-order valence-corrected chi connectivity index (χ1v) is 5.81. The number of nitrogen functional groups attached to an aromatic ring is 1. The molecule has 0 aliphatic rings. The van der Waals surface area contributed by atoms with Gasteiger partial charge < -0.3 is 11.1 Å². The maximum absolute atomic E-state index is 5.61. The second-order valence-corrected chi connectivity index (χ2v) is 3.99. The van der Waals surface area contributed by atoms with Crippen LogP contribution in [0.25, 0.3) is 0 Å². The SMILES string of the molecule is CCc1ccc(CNc2ccnc(N)c2)cc1. The van der Waals surface area contributed by atoms with Gasteiger partial charge in [0.05, 0.1) is 0 Å². The highest BCUT2D eigenvalue weighted by Gasteiger charge is 1.95. The van der Waals surface area contributed by atoms with Gasteiger partial charge in [-0.3, -0.25) is 0 Å². The molecule has 0 unspecified atom stereocenters. The van der Waals surface area contributed by atoms with E-state index in [-0.39, 0.29) is 0 Å². The number of nitrogens with zero attached hydrogens (tertiary/aromatic N) is 1. The molecule has 1 aromatic carbocycles. The third-order valence-electron chi connectivity index (χ3n) is 2.71. The summed E-state index contributed by atoms with van der Waals surface area (Å²) in [5.41, 5.74) is 9.24. The number of aryl methyl sites for hydroxylation is 1. The smallest absolute Gasteiger partial charge is 0.125 e. The van der Waals surface area contributed by atoms with Crippen molar-refractivity contribution in [2.45, 2.75) is 19.9 Å². The lowest BCUT2D eigenvalue weighted by Gasteiger charge is -2.07. The van der Waals surface area contributed by atoms with E-state index >= 15 is 0 Å². The van der Waals surface area contributed by atoms with Gasteiger partial charge in [0.2, 0.25) is 0 Å². The predicted octanol–water partition coefficient (Wildman–Crippen LogP) is 2.84. The molecule has 3 nitrogen and oxygen atoms in total. The summed E-state index contributed by atoms with van der Waals surface area (Å²) >= 11 is 0. The number of hydrogen-bond donors (Lipinski definition) is 2. The maximum Gasteiger partial charge on any atom is 0.125 e. The van der Waals surface area contributed by atoms with Crippen molar-refractivity contribution >= 4 is 11.5 Å². The fourth-order valence-electron chi connectivity index (χ4n) is 1.66. The second-order valence-electron chi connectivity index (χ2n) is 3.99. The van der Waals surface area contributed by atoms with Gasteiger partial charge >= 0.3 is 0 Å². The molecular formula is C14H17N3. The number of aromatic nitrogens is 1. The highest BCUT2D eigenvalue weighted by Crippen LogP contribution is 2.11. The molecule has 0 fully saturated rings. The van der Waals surface area contributed by atoms with Crippen molar-refractivity contribution in [2.75, 3.05) is 11.1 Å². The topological polar surface area (TPSA) is 50.9 Å². The van der Waals surface area contributed by atoms with E-state index in [1.165, 1.54) is 11.1 Å². The van der Waals surface area contributed by atoms with Crippen molar-refractivity contribution in [1.82, 2.24) is 4.98 Å². The summed E-state index contributed by atoms with van der Waals surface area (Å²) in [6, 6.07) is 12.4. The van der Waals surface area contributed by atoms with E-state index in [0.29, 0.717) is 5.82 Å². The number of benzene rings is 1. The van der Waals surface area contributed by atoms with Crippen LogP contribution in [0, 0.1) is 0 Å². The van der Waals surface area contributed by atoms with Crippen LogP contribution < -0.4 is 11.1 Å². The van der Waals surface area contributed by atoms with Crippen molar-refractivity contribution in [1.29, 1.82) is 0 Å². The van der Waals surface area contributed by atoms with Gasteiger partial charge in [0, 0.05) is 24.5 Å². The fraction of sp³-hybridized carbons (Fsp3) is 0.214. The summed E-state index contributed by atoms with van der Waals surface area (Å²) in [5.74, 6) is 0.538. The molecule has 0 aliphatic heterocycles. The molecule has 0 atom stereocenters. The summed E-state index contributed by atoms with van der Waals surface area (Å²) in [5, 5.41) is 3.32. The first-order valence-electron chi connectivity index (χ1n) is 5.81. The molecule has 0 saturated carbocycles. The number of nitrogens with two attached hydrogens (primary N) is 1. The van der Waals surface area contributed by atoms with Crippen LogP contribution in [0.1, 0.15) is 18.1 Å². The number of rotatable bonds is 4. The van der Waals surface area contributed by atoms with Crippen LogP contribution in [0.5, 0.6) is 0 Å². The Morgan fingerprint density at radius 1 is 1.12 bits per heavy atom. The van der Waals surface area contributed by atoms with Gasteiger partial charge in [0.25, 0.3) is 0 Å². The fourth-order valence-corrected chi connectivity index (χ4v) is 1.66. The number of anilines is 2. The molecule has 0 spiro atoms. The minimum Gasteiger partial charge on any atom is -0.384 e. The van der Waals surface area contributed by atoms with E-state index in [1.807, 2.05) is 12.1 Å². The van der Waals surface area contributed by atoms with Crippen molar-refractivity contribution in [3.63, 3.8) is 0 Å². The third kappa shape index (κ3) is 3.21. The Morgan fingerprint density at radius 3 is 2.47 bits per heavy atom. The van der Waals surface area contributed by atoms with Gasteiger partial charge in [-0.25, -0.2) is 4.98 Å². The van der Waals surface area contributed by atoms with Gasteiger partial charge in [0.1, 0.15) is 5.82 Å². The highest BCUT2D eigenvalue weighted by molar-refractivity contribution is 5.49. The largest absolute Gasteiger partial charge is 0.384 e. The minimum absolute atomic E-state index is 0.538. The zero-order chi connectivity index (χ0) is 12.1. The Kier molecular flexibility index (Phi) is 3.60. The Bertz CT molecular complexity index is 477. The molecular weight excluding hydrogens is 210 g/mol. The normalized spacial score (nSPS) is 10.2. The van der Waals surface area contributed by atoms with Gasteiger partial charge in [0.15, 0.2) is 0 Å². The molecule has 0 aliphatic carbocycles. The Balaban J connectivity index is 1.97. The van der Waals surface area contributed by atoms with Crippen LogP contribution in [-0.4, -0.2) is 4.98 Å². The zero-order valence-corrected chi connectivity index (χ0v) is 9.98. The van der Waals surface area contributed by atoms with E-state index in [4.69, 9.17) is 5.73 Å². The predicted molar refractivity (Wildman–Crippen MR) is 71.8 cm³/mol. The Hall–Kier alpha value is -2.03. The first kappa shape index (κ1) is 11.5. The lowest BCUT2D eigenvalue weighted by molar-refractivity contribution is 1.10. The summed E-state index contributed by atoms with van der Waals surface area (Å²) < 4.78 is 0. The lowest BCUT2D eigenvalue weighted by Crippen LogP contribution is -2.00. The average Bonchev–Trinajstić information content (AvgIpc) is 2.37. The molecule has 2 aromatic rings. The molecule has 1 heterocycles. The standard InChI is InChI=1S/C14H17N3/c1-2-11-3-5-12(6-4-11)10-17-13-7-8-16-14(15)9-13/h3-9H,2,10H2,1H3,(H3,15,16,17). The molecule has 88 valence electrons. The second kappa shape index (κ2) is 5.34. The molecule has 0 bridgehead atoms. The molecule has 0 amide bonds. The van der Waals surface area contributed by atoms with Gasteiger partial charge in [-0.05, 0) is 23.6 Å². The van der Waals surface area contributed by atoms with Crippen molar-refractivity contribution in [2.24, 2.45) is 0 Å². The molecule has 3 N–H and O–H groups in total. The average molecular weight is 227 g/mol. The molecule has 2 rings (SSSR count). The minimum atomic E-state index is 0.538. The third-order valence-corrected chi connectivity index (χ3v) is 2.71. The van der Waals surface area contributed by atoms with Crippen molar-refractivity contribution in [3.05, 3.63) is 53.7 Å². The molecule has 17 heavy (non-hydrogen) atoms. The molecule has 3 heteroatoms. The van der Waals surface area contributed by atoms with Crippen LogP contribution >= 0.6 is 0 Å². The maximum atomic E-state index is 5.61. The van der Waals surface area contributed by atoms with Gasteiger partial charge in [-0.1, -0.05) is 31.2 Å². The van der Waals surface area contributed by atoms with E-state index in [2.05, 4.69) is 41.5 Å². The number of hydrogen-bond acceptors (Lipinski definition) is 3. The summed E-state index contributed by atoms with van der Waals surface area (Å²) in [6.07, 6.45) is 2.78. The van der Waals surface area contributed by atoms with Crippen LogP contribution in [0.3, 0.4) is 0 Å². The number of pyridine rings is 1. The van der Waals surface area contributed by atoms with E-state index in [0.717, 1.165) is 18.7 Å². The van der Waals surface area contributed by atoms with E-state index < -0.39 is 0 Å². The van der Waals surface area contributed by atoms with Crippen molar-refractivity contribution in [3.8, 4) is 0 Å². The lowest BCUT2D eigenvalue weighted by atomic mass is 10.1. The summed E-state index contributed by atoms with van der Waals surface area (Å²) in [4.78, 5) is 3.96. The molecule has 0 saturated heterocycles.